The number of imidazole rings is 1. The van der Waals surface area contributed by atoms with Crippen molar-refractivity contribution < 1.29 is 24.2 Å². The van der Waals surface area contributed by atoms with Gasteiger partial charge in [0.1, 0.15) is 22.8 Å². The third-order valence-electron chi connectivity index (χ3n) is 7.38. The molecule has 3 aromatic heterocycles. The van der Waals surface area contributed by atoms with Gasteiger partial charge in [-0.2, -0.15) is 0 Å². The van der Waals surface area contributed by atoms with Crippen molar-refractivity contribution in [3.05, 3.63) is 89.4 Å². The summed E-state index contributed by atoms with van der Waals surface area (Å²) in [4.78, 5) is 38.3. The Balaban J connectivity index is 1.52. The monoisotopic (exact) mass is 596 g/mol. The van der Waals surface area contributed by atoms with Gasteiger partial charge in [0.2, 0.25) is 0 Å². The SMILES string of the molecule is CCOc1ccc2nc(N3C(=O)C(=O)/C(=C(/O)c4c(C)nc5ccccn45)C3c3cccc(OCCC(C)C)c3)sc2c1. The zero-order valence-corrected chi connectivity index (χ0v) is 25.2. The van der Waals surface area contributed by atoms with Crippen LogP contribution in [0.2, 0.25) is 0 Å². The summed E-state index contributed by atoms with van der Waals surface area (Å²) in [5, 5.41) is 12.2. The van der Waals surface area contributed by atoms with Crippen LogP contribution in [0.4, 0.5) is 5.13 Å². The van der Waals surface area contributed by atoms with Gasteiger partial charge in [0, 0.05) is 6.20 Å². The molecule has 0 radical (unpaired) electrons. The number of fused-ring (bicyclic) bond motifs is 2. The van der Waals surface area contributed by atoms with E-state index in [-0.39, 0.29) is 11.3 Å². The molecule has 1 unspecified atom stereocenters. The van der Waals surface area contributed by atoms with Crippen LogP contribution in [-0.4, -0.2) is 44.4 Å². The third-order valence-corrected chi connectivity index (χ3v) is 8.39. The predicted molar refractivity (Wildman–Crippen MR) is 167 cm³/mol. The van der Waals surface area contributed by atoms with Crippen LogP contribution in [0.5, 0.6) is 11.5 Å². The number of hydrogen-bond donors (Lipinski definition) is 1. The van der Waals surface area contributed by atoms with Crippen molar-refractivity contribution in [2.75, 3.05) is 18.1 Å². The van der Waals surface area contributed by atoms with E-state index in [4.69, 9.17) is 14.5 Å². The second kappa shape index (κ2) is 11.5. The molecule has 6 rings (SSSR count). The molecule has 1 amide bonds. The number of anilines is 1. The predicted octanol–water partition coefficient (Wildman–Crippen LogP) is 6.70. The Bertz CT molecular complexity index is 1890. The van der Waals surface area contributed by atoms with E-state index in [0.717, 1.165) is 11.1 Å². The number of benzene rings is 2. The van der Waals surface area contributed by atoms with Crippen molar-refractivity contribution in [1.29, 1.82) is 0 Å². The van der Waals surface area contributed by atoms with Gasteiger partial charge in [-0.1, -0.05) is 43.4 Å². The van der Waals surface area contributed by atoms with Crippen molar-refractivity contribution in [3.63, 3.8) is 0 Å². The molecule has 9 nitrogen and oxygen atoms in total. The number of rotatable bonds is 9. The number of aromatic nitrogens is 3. The molecular weight excluding hydrogens is 564 g/mol. The second-order valence-corrected chi connectivity index (χ2v) is 11.8. The van der Waals surface area contributed by atoms with Crippen LogP contribution in [0.15, 0.2) is 72.4 Å². The van der Waals surface area contributed by atoms with Gasteiger partial charge >= 0.3 is 5.91 Å². The summed E-state index contributed by atoms with van der Waals surface area (Å²) >= 11 is 1.29. The fourth-order valence-corrected chi connectivity index (χ4v) is 6.33. The van der Waals surface area contributed by atoms with E-state index in [9.17, 15) is 14.7 Å². The van der Waals surface area contributed by atoms with E-state index in [1.165, 1.54) is 16.2 Å². The number of carbonyl (C=O) groups is 2. The normalized spacial score (nSPS) is 16.6. The third kappa shape index (κ3) is 5.23. The van der Waals surface area contributed by atoms with Gasteiger partial charge in [0.25, 0.3) is 5.78 Å². The van der Waals surface area contributed by atoms with Crippen LogP contribution < -0.4 is 14.4 Å². The van der Waals surface area contributed by atoms with E-state index < -0.39 is 17.7 Å². The summed E-state index contributed by atoms with van der Waals surface area (Å²) in [5.41, 5.74) is 2.75. The summed E-state index contributed by atoms with van der Waals surface area (Å²) in [7, 11) is 0. The molecule has 1 aliphatic heterocycles. The Kier molecular flexibility index (Phi) is 7.62. The Morgan fingerprint density at radius 3 is 2.63 bits per heavy atom. The minimum absolute atomic E-state index is 0.0349. The number of aliphatic hydroxyl groups is 1. The van der Waals surface area contributed by atoms with Crippen LogP contribution in [0.25, 0.3) is 21.6 Å². The second-order valence-electron chi connectivity index (χ2n) is 10.8. The van der Waals surface area contributed by atoms with Gasteiger partial charge in [-0.05, 0) is 74.2 Å². The highest BCUT2D eigenvalue weighted by Crippen LogP contribution is 2.45. The highest BCUT2D eigenvalue weighted by Gasteiger charge is 2.48. The molecule has 43 heavy (non-hydrogen) atoms. The largest absolute Gasteiger partial charge is 0.505 e. The van der Waals surface area contributed by atoms with E-state index in [1.54, 1.807) is 17.5 Å². The van der Waals surface area contributed by atoms with Gasteiger partial charge in [-0.15, -0.1) is 0 Å². The molecular formula is C33H32N4O5S. The Labute approximate surface area is 253 Å². The minimum atomic E-state index is -0.950. The van der Waals surface area contributed by atoms with Crippen LogP contribution in [-0.2, 0) is 9.59 Å². The van der Waals surface area contributed by atoms with Crippen molar-refractivity contribution in [2.24, 2.45) is 5.92 Å². The fourth-order valence-electron chi connectivity index (χ4n) is 5.31. The molecule has 0 saturated carbocycles. The molecule has 1 saturated heterocycles. The zero-order chi connectivity index (χ0) is 30.2. The number of hydrogen-bond acceptors (Lipinski definition) is 8. The van der Waals surface area contributed by atoms with Gasteiger partial charge < -0.3 is 14.6 Å². The molecule has 1 N–H and O–H groups in total. The van der Waals surface area contributed by atoms with Crippen molar-refractivity contribution >= 4 is 49.8 Å². The maximum Gasteiger partial charge on any atom is 0.301 e. The quantitative estimate of drug-likeness (QED) is 0.115. The lowest BCUT2D eigenvalue weighted by molar-refractivity contribution is -0.132. The molecule has 1 fully saturated rings. The Morgan fingerprint density at radius 1 is 1.02 bits per heavy atom. The van der Waals surface area contributed by atoms with Crippen LogP contribution >= 0.6 is 11.3 Å². The average Bonchev–Trinajstić information content (AvgIpc) is 3.63. The van der Waals surface area contributed by atoms with E-state index in [1.807, 2.05) is 67.6 Å². The molecule has 5 aromatic rings. The van der Waals surface area contributed by atoms with Crippen LogP contribution in [0.3, 0.4) is 0 Å². The van der Waals surface area contributed by atoms with E-state index >= 15 is 0 Å². The summed E-state index contributed by atoms with van der Waals surface area (Å²) in [6.45, 7) is 8.98. The molecule has 1 aliphatic rings. The van der Waals surface area contributed by atoms with Crippen molar-refractivity contribution in [3.8, 4) is 11.5 Å². The number of Topliss-reactive ketones (excluding diaryl/α,β-unsaturated/α-hetero) is 1. The number of pyridine rings is 1. The lowest BCUT2D eigenvalue weighted by Gasteiger charge is -2.23. The summed E-state index contributed by atoms with van der Waals surface area (Å²) in [6, 6.07) is 17.4. The molecule has 1 atom stereocenters. The fraction of sp³-hybridized carbons (Fsp3) is 0.273. The van der Waals surface area contributed by atoms with Crippen molar-refractivity contribution in [1.82, 2.24) is 14.4 Å². The number of carbonyl (C=O) groups excluding carboxylic acids is 2. The summed E-state index contributed by atoms with van der Waals surface area (Å²) in [5.74, 6) is -0.0842. The average molecular weight is 597 g/mol. The highest BCUT2D eigenvalue weighted by molar-refractivity contribution is 7.22. The number of amides is 1. The molecule has 0 spiro atoms. The first-order valence-electron chi connectivity index (χ1n) is 14.3. The highest BCUT2D eigenvalue weighted by atomic mass is 32.1. The molecule has 0 bridgehead atoms. The zero-order valence-electron chi connectivity index (χ0n) is 24.4. The van der Waals surface area contributed by atoms with Crippen LogP contribution in [0.1, 0.15) is 50.2 Å². The number of thiazole rings is 1. The number of aryl methyl sites for hydroxylation is 1. The lowest BCUT2D eigenvalue weighted by atomic mass is 9.96. The Morgan fingerprint density at radius 2 is 1.84 bits per heavy atom. The lowest BCUT2D eigenvalue weighted by Crippen LogP contribution is -2.29. The molecule has 10 heteroatoms. The minimum Gasteiger partial charge on any atom is -0.505 e. The number of ketones is 1. The first kappa shape index (κ1) is 28.4. The molecule has 2 aromatic carbocycles. The first-order chi connectivity index (χ1) is 20.8. The van der Waals surface area contributed by atoms with Gasteiger partial charge in [0.05, 0.1) is 40.7 Å². The maximum absolute atomic E-state index is 13.8. The van der Waals surface area contributed by atoms with Crippen LogP contribution in [0, 0.1) is 12.8 Å². The number of nitrogens with zero attached hydrogens (tertiary/aromatic N) is 4. The first-order valence-corrected chi connectivity index (χ1v) is 15.1. The van der Waals surface area contributed by atoms with E-state index in [2.05, 4.69) is 18.8 Å². The molecule has 0 aliphatic carbocycles. The molecule has 220 valence electrons. The summed E-state index contributed by atoms with van der Waals surface area (Å²) in [6.07, 6.45) is 2.65. The number of ether oxygens (including phenoxy) is 2. The van der Waals surface area contributed by atoms with Crippen molar-refractivity contribution in [2.45, 2.75) is 40.2 Å². The topological polar surface area (TPSA) is 106 Å². The maximum atomic E-state index is 13.8. The number of aliphatic hydroxyl groups excluding tert-OH is 1. The van der Waals surface area contributed by atoms with Gasteiger partial charge in [-0.3, -0.25) is 18.9 Å². The molecule has 4 heterocycles. The van der Waals surface area contributed by atoms with Gasteiger partial charge in [0.15, 0.2) is 10.9 Å². The summed E-state index contributed by atoms with van der Waals surface area (Å²) < 4.78 is 14.2. The Hall–Kier alpha value is -4.70. The standard InChI is InChI=1S/C33H32N4O5S/c1-5-41-23-12-13-24-25(18-23)43-33(35-24)37-29(21-9-8-10-22(17-21)42-16-14-19(2)3)27(31(39)32(37)40)30(38)28-20(4)34-26-11-6-7-15-36(26)28/h6-13,15,17-19,29,38H,5,14,16H2,1-4H3/b30-27+. The van der Waals surface area contributed by atoms with E-state index in [0.29, 0.717) is 63.9 Å². The smallest absolute Gasteiger partial charge is 0.301 e. The van der Waals surface area contributed by atoms with Gasteiger partial charge in [-0.25, -0.2) is 9.97 Å².